The summed E-state index contributed by atoms with van der Waals surface area (Å²) in [5.74, 6) is 0.00887. The number of rotatable bonds is 4. The zero-order valence-corrected chi connectivity index (χ0v) is 10.8. The lowest BCUT2D eigenvalue weighted by Crippen LogP contribution is -2.13. The van der Waals surface area contributed by atoms with Crippen molar-refractivity contribution in [1.82, 2.24) is 9.78 Å². The number of thiophene rings is 1. The monoisotopic (exact) mass is 272 g/mol. The highest BCUT2D eigenvalue weighted by molar-refractivity contribution is 7.92. The Balaban J connectivity index is 2.34. The Labute approximate surface area is 103 Å². The predicted molar refractivity (Wildman–Crippen MR) is 67.4 cm³/mol. The van der Waals surface area contributed by atoms with Crippen LogP contribution in [0.2, 0.25) is 0 Å². The van der Waals surface area contributed by atoms with Gasteiger partial charge in [-0.2, -0.15) is 16.4 Å². The van der Waals surface area contributed by atoms with Crippen LogP contribution in [-0.2, 0) is 16.6 Å². The lowest BCUT2D eigenvalue weighted by atomic mass is 10.6. The fourth-order valence-electron chi connectivity index (χ4n) is 1.32. The van der Waals surface area contributed by atoms with Gasteiger partial charge < -0.3 is 5.73 Å². The van der Waals surface area contributed by atoms with Crippen molar-refractivity contribution in [3.63, 3.8) is 0 Å². The highest BCUT2D eigenvalue weighted by Gasteiger charge is 2.21. The molecule has 92 valence electrons. The second kappa shape index (κ2) is 4.38. The Bertz CT molecular complexity index is 601. The molecule has 6 nitrogen and oxygen atoms in total. The van der Waals surface area contributed by atoms with Gasteiger partial charge in [-0.25, -0.2) is 8.42 Å². The second-order valence-corrected chi connectivity index (χ2v) is 5.78. The van der Waals surface area contributed by atoms with Gasteiger partial charge in [0, 0.05) is 18.1 Å². The van der Waals surface area contributed by atoms with Gasteiger partial charge in [-0.05, 0) is 18.4 Å². The van der Waals surface area contributed by atoms with Crippen molar-refractivity contribution in [2.24, 2.45) is 0 Å². The number of aryl methyl sites for hydroxylation is 1. The van der Waals surface area contributed by atoms with Crippen LogP contribution in [0.15, 0.2) is 27.9 Å². The van der Waals surface area contributed by atoms with Crippen LogP contribution in [0.25, 0.3) is 0 Å². The first-order valence-corrected chi connectivity index (χ1v) is 7.33. The number of nitrogens with two attached hydrogens (primary N) is 1. The third-order valence-electron chi connectivity index (χ3n) is 2.14. The van der Waals surface area contributed by atoms with Crippen LogP contribution in [0.5, 0.6) is 0 Å². The van der Waals surface area contributed by atoms with E-state index in [1.165, 1.54) is 22.2 Å². The molecule has 0 aliphatic heterocycles. The van der Waals surface area contributed by atoms with Crippen molar-refractivity contribution in [2.75, 3.05) is 10.5 Å². The molecule has 0 saturated carbocycles. The molecule has 0 aliphatic rings. The van der Waals surface area contributed by atoms with Crippen LogP contribution >= 0.6 is 11.3 Å². The van der Waals surface area contributed by atoms with Gasteiger partial charge in [0.05, 0.1) is 5.69 Å². The number of nitrogen functional groups attached to an aromatic ring is 1. The number of nitrogens with zero attached hydrogens (tertiary/aromatic N) is 2. The maximum atomic E-state index is 12.0. The quantitative estimate of drug-likeness (QED) is 0.879. The van der Waals surface area contributed by atoms with Crippen LogP contribution in [0, 0.1) is 0 Å². The van der Waals surface area contributed by atoms with Crippen molar-refractivity contribution in [1.29, 1.82) is 0 Å². The van der Waals surface area contributed by atoms with Gasteiger partial charge in [-0.15, -0.1) is 0 Å². The first-order chi connectivity index (χ1) is 8.03. The molecule has 3 N–H and O–H groups in total. The number of anilines is 2. The first kappa shape index (κ1) is 11.9. The van der Waals surface area contributed by atoms with E-state index in [1.54, 1.807) is 16.8 Å². The van der Waals surface area contributed by atoms with E-state index in [2.05, 4.69) is 9.82 Å². The minimum atomic E-state index is -3.65. The summed E-state index contributed by atoms with van der Waals surface area (Å²) in [6.45, 7) is 2.42. The van der Waals surface area contributed by atoms with E-state index < -0.39 is 10.0 Å². The summed E-state index contributed by atoms with van der Waals surface area (Å²) in [6.07, 6.45) is 1.42. The summed E-state index contributed by atoms with van der Waals surface area (Å²) in [7, 11) is -3.65. The SMILES string of the molecule is CCn1cc(S(=O)(=O)Nc2ccsc2)c(N)n1. The molecule has 0 saturated heterocycles. The Morgan fingerprint density at radius 2 is 2.35 bits per heavy atom. The third-order valence-corrected chi connectivity index (χ3v) is 4.22. The molecule has 0 fully saturated rings. The van der Waals surface area contributed by atoms with E-state index in [9.17, 15) is 8.42 Å². The van der Waals surface area contributed by atoms with Gasteiger partial charge in [0.25, 0.3) is 10.0 Å². The highest BCUT2D eigenvalue weighted by Crippen LogP contribution is 2.21. The maximum absolute atomic E-state index is 12.0. The molecule has 0 aromatic carbocycles. The maximum Gasteiger partial charge on any atom is 0.267 e. The fraction of sp³-hybridized carbons (Fsp3) is 0.222. The van der Waals surface area contributed by atoms with Crippen molar-refractivity contribution in [3.05, 3.63) is 23.0 Å². The summed E-state index contributed by atoms with van der Waals surface area (Å²) < 4.78 is 27.9. The molecule has 2 heterocycles. The van der Waals surface area contributed by atoms with Gasteiger partial charge in [-0.1, -0.05) is 0 Å². The molecule has 0 atom stereocenters. The van der Waals surface area contributed by atoms with Gasteiger partial charge in [0.1, 0.15) is 4.90 Å². The minimum Gasteiger partial charge on any atom is -0.381 e. The standard InChI is InChI=1S/C9H12N4O2S2/c1-2-13-5-8(9(10)11-13)17(14,15)12-7-3-4-16-6-7/h3-6,12H,2H2,1H3,(H2,10,11). The normalized spacial score (nSPS) is 11.6. The number of sulfonamides is 1. The number of nitrogens with one attached hydrogen (secondary N) is 1. The molecule has 17 heavy (non-hydrogen) atoms. The molecule has 0 radical (unpaired) electrons. The Morgan fingerprint density at radius 1 is 1.59 bits per heavy atom. The zero-order chi connectivity index (χ0) is 12.5. The topological polar surface area (TPSA) is 90.0 Å². The lowest BCUT2D eigenvalue weighted by Gasteiger charge is -2.03. The van der Waals surface area contributed by atoms with Crippen molar-refractivity contribution >= 4 is 32.9 Å². The van der Waals surface area contributed by atoms with Crippen LogP contribution in [0.4, 0.5) is 11.5 Å². The number of hydrogen-bond acceptors (Lipinski definition) is 5. The summed E-state index contributed by atoms with van der Waals surface area (Å²) in [5, 5.41) is 7.40. The molecule has 2 rings (SSSR count). The summed E-state index contributed by atoms with van der Waals surface area (Å²) in [5.41, 5.74) is 6.11. The summed E-state index contributed by atoms with van der Waals surface area (Å²) in [6, 6.07) is 1.68. The Kier molecular flexibility index (Phi) is 3.07. The van der Waals surface area contributed by atoms with Gasteiger partial charge in [0.15, 0.2) is 5.82 Å². The minimum absolute atomic E-state index is 0.00514. The van der Waals surface area contributed by atoms with E-state index in [1.807, 2.05) is 6.92 Å². The highest BCUT2D eigenvalue weighted by atomic mass is 32.2. The third kappa shape index (κ3) is 2.42. The van der Waals surface area contributed by atoms with Gasteiger partial charge in [0.2, 0.25) is 0 Å². The van der Waals surface area contributed by atoms with Gasteiger partial charge in [-0.3, -0.25) is 9.40 Å². The molecular formula is C9H12N4O2S2. The van der Waals surface area contributed by atoms with Crippen LogP contribution < -0.4 is 10.5 Å². The smallest absolute Gasteiger partial charge is 0.267 e. The van der Waals surface area contributed by atoms with Crippen LogP contribution in [0.3, 0.4) is 0 Å². The van der Waals surface area contributed by atoms with Gasteiger partial charge >= 0.3 is 0 Å². The Hall–Kier alpha value is -1.54. The zero-order valence-electron chi connectivity index (χ0n) is 9.12. The van der Waals surface area contributed by atoms with Crippen molar-refractivity contribution in [3.8, 4) is 0 Å². The average molecular weight is 272 g/mol. The van der Waals surface area contributed by atoms with E-state index in [-0.39, 0.29) is 10.7 Å². The molecular weight excluding hydrogens is 260 g/mol. The molecule has 0 spiro atoms. The average Bonchev–Trinajstić information content (AvgIpc) is 2.86. The fourth-order valence-corrected chi connectivity index (χ4v) is 3.11. The number of hydrogen-bond donors (Lipinski definition) is 2. The molecule has 0 bridgehead atoms. The van der Waals surface area contributed by atoms with E-state index >= 15 is 0 Å². The molecule has 2 aromatic rings. The van der Waals surface area contributed by atoms with Crippen molar-refractivity contribution in [2.45, 2.75) is 18.4 Å². The Morgan fingerprint density at radius 3 is 2.88 bits per heavy atom. The lowest BCUT2D eigenvalue weighted by molar-refractivity contribution is 0.600. The molecule has 2 aromatic heterocycles. The summed E-state index contributed by atoms with van der Waals surface area (Å²) in [4.78, 5) is 0.00514. The van der Waals surface area contributed by atoms with Crippen LogP contribution in [-0.4, -0.2) is 18.2 Å². The summed E-state index contributed by atoms with van der Waals surface area (Å²) >= 11 is 1.41. The predicted octanol–water partition coefficient (Wildman–Crippen LogP) is 1.35. The van der Waals surface area contributed by atoms with E-state index in [0.29, 0.717) is 12.2 Å². The number of aromatic nitrogens is 2. The van der Waals surface area contributed by atoms with Crippen molar-refractivity contribution < 1.29 is 8.42 Å². The largest absolute Gasteiger partial charge is 0.381 e. The second-order valence-electron chi connectivity index (χ2n) is 3.35. The van der Waals surface area contributed by atoms with Crippen LogP contribution in [0.1, 0.15) is 6.92 Å². The molecule has 0 amide bonds. The molecule has 8 heteroatoms. The van der Waals surface area contributed by atoms with E-state index in [0.717, 1.165) is 0 Å². The first-order valence-electron chi connectivity index (χ1n) is 4.91. The van der Waals surface area contributed by atoms with E-state index in [4.69, 9.17) is 5.73 Å². The molecule has 0 aliphatic carbocycles. The molecule has 0 unspecified atom stereocenters.